The number of nitrogens with zero attached hydrogens (tertiary/aromatic N) is 2. The van der Waals surface area contributed by atoms with E-state index in [9.17, 15) is 0 Å². The summed E-state index contributed by atoms with van der Waals surface area (Å²) in [5.41, 5.74) is 6.26. The van der Waals surface area contributed by atoms with Gasteiger partial charge >= 0.3 is 0 Å². The Morgan fingerprint density at radius 3 is 2.73 bits per heavy atom. The lowest BCUT2D eigenvalue weighted by Gasteiger charge is -2.06. The van der Waals surface area contributed by atoms with Crippen molar-refractivity contribution in [3.05, 3.63) is 33.0 Å². The van der Waals surface area contributed by atoms with Gasteiger partial charge in [-0.15, -0.1) is 5.10 Å². The van der Waals surface area contributed by atoms with Crippen molar-refractivity contribution < 1.29 is 0 Å². The molecule has 0 bridgehead atoms. The fourth-order valence-corrected chi connectivity index (χ4v) is 1.82. The summed E-state index contributed by atoms with van der Waals surface area (Å²) in [5, 5.41) is 7.19. The van der Waals surface area contributed by atoms with Crippen LogP contribution in [0.5, 0.6) is 0 Å². The third-order valence-electron chi connectivity index (χ3n) is 1.87. The fraction of sp³-hybridized carbons (Fsp3) is 0. The molecule has 0 saturated heterocycles. The van der Waals surface area contributed by atoms with E-state index < -0.39 is 0 Å². The number of rotatable bonds is 1. The molecule has 0 fully saturated rings. The third kappa shape index (κ3) is 1.73. The van der Waals surface area contributed by atoms with Gasteiger partial charge in [0.05, 0.1) is 15.7 Å². The van der Waals surface area contributed by atoms with Gasteiger partial charge in [0, 0.05) is 0 Å². The Morgan fingerprint density at radius 1 is 1.40 bits per heavy atom. The van der Waals surface area contributed by atoms with Crippen LogP contribution in [0.1, 0.15) is 0 Å². The molecule has 1 aromatic carbocycles. The van der Waals surface area contributed by atoms with Crippen LogP contribution < -0.4 is 5.73 Å². The van der Waals surface area contributed by atoms with Crippen molar-refractivity contribution in [1.82, 2.24) is 14.8 Å². The van der Waals surface area contributed by atoms with E-state index >= 15 is 0 Å². The van der Waals surface area contributed by atoms with E-state index in [1.54, 1.807) is 18.2 Å². The lowest BCUT2D eigenvalue weighted by Crippen LogP contribution is -2.01. The monoisotopic (exact) mass is 260 g/mol. The Balaban J connectivity index is 2.75. The molecule has 3 N–H and O–H groups in total. The zero-order valence-corrected chi connectivity index (χ0v) is 9.70. The number of nitrogens with one attached hydrogen (secondary N) is 1. The van der Waals surface area contributed by atoms with E-state index in [2.05, 4.69) is 10.2 Å². The van der Waals surface area contributed by atoms with Crippen LogP contribution in [-0.4, -0.2) is 14.8 Å². The minimum absolute atomic E-state index is 0.240. The molecule has 1 aromatic heterocycles. The maximum absolute atomic E-state index is 6.03. The van der Waals surface area contributed by atoms with E-state index in [1.165, 1.54) is 4.57 Å². The quantitative estimate of drug-likeness (QED) is 0.776. The molecule has 7 heteroatoms. The molecule has 4 nitrogen and oxygen atoms in total. The van der Waals surface area contributed by atoms with Gasteiger partial charge in [0.25, 0.3) is 0 Å². The molecule has 1 heterocycles. The zero-order chi connectivity index (χ0) is 11.0. The summed E-state index contributed by atoms with van der Waals surface area (Å²) in [6.45, 7) is 0. The number of H-pyrrole nitrogens is 1. The number of nitrogens with two attached hydrogens (primary N) is 1. The smallest absolute Gasteiger partial charge is 0.225 e. The van der Waals surface area contributed by atoms with Crippen LogP contribution in [-0.2, 0) is 0 Å². The van der Waals surface area contributed by atoms with Gasteiger partial charge in [0.15, 0.2) is 0 Å². The van der Waals surface area contributed by atoms with Crippen molar-refractivity contribution in [2.45, 2.75) is 0 Å². The molecule has 15 heavy (non-hydrogen) atoms. The number of aromatic amines is 1. The zero-order valence-electron chi connectivity index (χ0n) is 7.37. The fourth-order valence-electron chi connectivity index (χ4n) is 1.21. The standard InChI is InChI=1S/C8H6Cl2N4S/c9-4-2-1-3-5(6(4)10)14-7(11)12-13-8(14)15/h1-3H,(H2,11,12)(H,13,15). The molecule has 0 spiro atoms. The molecular weight excluding hydrogens is 255 g/mol. The van der Waals surface area contributed by atoms with Crippen LogP contribution >= 0.6 is 35.4 Å². The van der Waals surface area contributed by atoms with E-state index in [-0.39, 0.29) is 5.95 Å². The van der Waals surface area contributed by atoms with Gasteiger partial charge in [-0.25, -0.2) is 5.10 Å². The number of aromatic nitrogens is 3. The van der Waals surface area contributed by atoms with Crippen LogP contribution in [0.2, 0.25) is 10.0 Å². The van der Waals surface area contributed by atoms with Crippen molar-refractivity contribution in [3.8, 4) is 5.69 Å². The summed E-state index contributed by atoms with van der Waals surface area (Å²) >= 11 is 16.9. The average Bonchev–Trinajstić information content (AvgIpc) is 2.52. The minimum Gasteiger partial charge on any atom is -0.368 e. The van der Waals surface area contributed by atoms with Crippen LogP contribution in [0.4, 0.5) is 5.95 Å². The highest BCUT2D eigenvalue weighted by atomic mass is 35.5. The van der Waals surface area contributed by atoms with Crippen LogP contribution in [0.3, 0.4) is 0 Å². The number of benzene rings is 1. The van der Waals surface area contributed by atoms with Gasteiger partial charge in [-0.05, 0) is 24.4 Å². The molecule has 2 rings (SSSR count). The maximum atomic E-state index is 6.03. The number of hydrogen-bond donors (Lipinski definition) is 2. The summed E-state index contributed by atoms with van der Waals surface area (Å²) in [7, 11) is 0. The minimum atomic E-state index is 0.240. The normalized spacial score (nSPS) is 10.5. The Hall–Kier alpha value is -1.04. The second-order valence-corrected chi connectivity index (χ2v) is 3.97. The molecule has 0 unspecified atom stereocenters. The van der Waals surface area contributed by atoms with Crippen molar-refractivity contribution in [3.63, 3.8) is 0 Å². The SMILES string of the molecule is Nc1n[nH]c(=S)n1-c1cccc(Cl)c1Cl. The molecule has 0 atom stereocenters. The Kier molecular flexibility index (Phi) is 2.68. The van der Waals surface area contributed by atoms with Crippen molar-refractivity contribution in [2.75, 3.05) is 5.73 Å². The third-order valence-corrected chi connectivity index (χ3v) is 2.95. The lowest BCUT2D eigenvalue weighted by molar-refractivity contribution is 1.04. The van der Waals surface area contributed by atoms with Crippen LogP contribution in [0.25, 0.3) is 5.69 Å². The number of anilines is 1. The van der Waals surface area contributed by atoms with Crippen molar-refractivity contribution >= 4 is 41.4 Å². The number of halogens is 2. The first-order valence-corrected chi connectivity index (χ1v) is 5.15. The summed E-state index contributed by atoms with van der Waals surface area (Å²) < 4.78 is 1.89. The molecule has 0 amide bonds. The first-order valence-electron chi connectivity index (χ1n) is 3.98. The van der Waals surface area contributed by atoms with E-state index in [4.69, 9.17) is 41.2 Å². The second-order valence-electron chi connectivity index (χ2n) is 2.80. The second kappa shape index (κ2) is 3.84. The van der Waals surface area contributed by atoms with Gasteiger partial charge in [-0.2, -0.15) is 0 Å². The van der Waals surface area contributed by atoms with Gasteiger partial charge in [-0.3, -0.25) is 4.57 Å². The lowest BCUT2D eigenvalue weighted by atomic mass is 10.3. The molecule has 0 radical (unpaired) electrons. The Labute approximate surface area is 101 Å². The average molecular weight is 261 g/mol. The summed E-state index contributed by atoms with van der Waals surface area (Å²) in [4.78, 5) is 0. The predicted octanol–water partition coefficient (Wildman–Crippen LogP) is 2.82. The van der Waals surface area contributed by atoms with Crippen LogP contribution in [0, 0.1) is 4.77 Å². The summed E-state index contributed by atoms with van der Waals surface area (Å²) in [6, 6.07) is 5.21. The first kappa shape index (κ1) is 10.5. The number of nitrogen functional groups attached to an aromatic ring is 1. The summed E-state index contributed by atoms with van der Waals surface area (Å²) in [6.07, 6.45) is 0. The predicted molar refractivity (Wildman–Crippen MR) is 63.2 cm³/mol. The van der Waals surface area contributed by atoms with E-state index in [0.29, 0.717) is 20.5 Å². The van der Waals surface area contributed by atoms with E-state index in [0.717, 1.165) is 0 Å². The Bertz CT molecular complexity index is 560. The van der Waals surface area contributed by atoms with E-state index in [1.807, 2.05) is 0 Å². The van der Waals surface area contributed by atoms with Gasteiger partial charge < -0.3 is 5.73 Å². The maximum Gasteiger partial charge on any atom is 0.225 e. The van der Waals surface area contributed by atoms with Gasteiger partial charge in [-0.1, -0.05) is 29.3 Å². The van der Waals surface area contributed by atoms with Gasteiger partial charge in [0.2, 0.25) is 10.7 Å². The number of hydrogen-bond acceptors (Lipinski definition) is 3. The Morgan fingerprint density at radius 2 is 2.13 bits per heavy atom. The highest BCUT2D eigenvalue weighted by Gasteiger charge is 2.10. The molecule has 0 aliphatic rings. The molecule has 0 saturated carbocycles. The largest absolute Gasteiger partial charge is 0.368 e. The molecule has 0 aliphatic heterocycles. The highest BCUT2D eigenvalue weighted by Crippen LogP contribution is 2.29. The molecular formula is C8H6Cl2N4S. The molecule has 0 aliphatic carbocycles. The molecule has 78 valence electrons. The molecule has 2 aromatic rings. The van der Waals surface area contributed by atoms with Gasteiger partial charge in [0.1, 0.15) is 0 Å². The topological polar surface area (TPSA) is 59.6 Å². The summed E-state index contributed by atoms with van der Waals surface area (Å²) in [5.74, 6) is 0.240. The first-order chi connectivity index (χ1) is 7.11. The van der Waals surface area contributed by atoms with Crippen molar-refractivity contribution in [2.24, 2.45) is 0 Å². The van der Waals surface area contributed by atoms with Crippen LogP contribution in [0.15, 0.2) is 18.2 Å². The van der Waals surface area contributed by atoms with Crippen molar-refractivity contribution in [1.29, 1.82) is 0 Å². The highest BCUT2D eigenvalue weighted by molar-refractivity contribution is 7.71.